The highest BCUT2D eigenvalue weighted by Gasteiger charge is 2.18. The van der Waals surface area contributed by atoms with Gasteiger partial charge in [0, 0.05) is 52.1 Å². The minimum Gasteiger partial charge on any atom is -0.350 e. The smallest absolute Gasteiger partial charge is 0.267 e. The normalized spacial score (nSPS) is 21.1. The molecule has 0 spiro atoms. The van der Waals surface area contributed by atoms with Gasteiger partial charge in [-0.2, -0.15) is 5.10 Å². The Bertz CT molecular complexity index is 349. The molecule has 2 amide bonds. The van der Waals surface area contributed by atoms with Crippen LogP contribution in [0.25, 0.3) is 0 Å². The lowest BCUT2D eigenvalue weighted by molar-refractivity contribution is -0.121. The fourth-order valence-electron chi connectivity index (χ4n) is 2.00. The average molecular weight is 253 g/mol. The summed E-state index contributed by atoms with van der Waals surface area (Å²) < 4.78 is 0. The molecule has 7 nitrogen and oxygen atoms in total. The number of carbonyl (C=O) groups is 2. The van der Waals surface area contributed by atoms with E-state index in [0.29, 0.717) is 25.1 Å². The number of piperazine rings is 1. The van der Waals surface area contributed by atoms with Crippen LogP contribution in [0.2, 0.25) is 0 Å². The summed E-state index contributed by atoms with van der Waals surface area (Å²) in [7, 11) is 0. The van der Waals surface area contributed by atoms with E-state index in [-0.39, 0.29) is 11.8 Å². The van der Waals surface area contributed by atoms with Crippen molar-refractivity contribution in [1.82, 2.24) is 21.0 Å². The van der Waals surface area contributed by atoms with Crippen LogP contribution >= 0.6 is 0 Å². The Labute approximate surface area is 106 Å². The van der Waals surface area contributed by atoms with Gasteiger partial charge in [0.15, 0.2) is 0 Å². The minimum atomic E-state index is -0.176. The van der Waals surface area contributed by atoms with E-state index in [1.165, 1.54) is 0 Å². The van der Waals surface area contributed by atoms with Crippen molar-refractivity contribution in [3.05, 3.63) is 0 Å². The maximum absolute atomic E-state index is 11.7. The van der Waals surface area contributed by atoms with Crippen molar-refractivity contribution < 1.29 is 9.59 Å². The second-order valence-electron chi connectivity index (χ2n) is 4.44. The molecular weight excluding hydrogens is 234 g/mol. The van der Waals surface area contributed by atoms with E-state index in [2.05, 4.69) is 26.1 Å². The molecule has 0 aromatic rings. The van der Waals surface area contributed by atoms with Gasteiger partial charge in [0.1, 0.15) is 5.71 Å². The number of nitrogens with one attached hydrogen (secondary N) is 3. The second kappa shape index (κ2) is 6.46. The van der Waals surface area contributed by atoms with E-state index in [1.807, 2.05) is 0 Å². The van der Waals surface area contributed by atoms with Crippen LogP contribution in [0, 0.1) is 0 Å². The molecule has 2 aliphatic heterocycles. The summed E-state index contributed by atoms with van der Waals surface area (Å²) >= 11 is 0. The monoisotopic (exact) mass is 253 g/mol. The van der Waals surface area contributed by atoms with E-state index < -0.39 is 0 Å². The molecule has 18 heavy (non-hydrogen) atoms. The number of rotatable bonds is 4. The maximum atomic E-state index is 11.7. The van der Waals surface area contributed by atoms with Gasteiger partial charge in [-0.3, -0.25) is 14.5 Å². The Balaban J connectivity index is 1.66. The predicted molar refractivity (Wildman–Crippen MR) is 67.1 cm³/mol. The molecule has 0 aromatic heterocycles. The fraction of sp³-hybridized carbons (Fsp3) is 0.727. The zero-order valence-corrected chi connectivity index (χ0v) is 10.4. The first-order chi connectivity index (χ1) is 8.75. The van der Waals surface area contributed by atoms with Crippen molar-refractivity contribution in [2.75, 3.05) is 39.3 Å². The average Bonchev–Trinajstić information content (AvgIpc) is 2.40. The standard InChI is InChI=1S/C11H19N5O2/c17-10-2-1-9(14-15-10)11(18)13-5-8-16-6-3-12-4-7-16/h12H,1-8H2,(H,13,18)(H,15,17). The minimum absolute atomic E-state index is 0.132. The summed E-state index contributed by atoms with van der Waals surface area (Å²) in [6, 6.07) is 0. The van der Waals surface area contributed by atoms with Crippen LogP contribution in [0.3, 0.4) is 0 Å². The molecule has 0 atom stereocenters. The van der Waals surface area contributed by atoms with Gasteiger partial charge >= 0.3 is 0 Å². The molecule has 0 bridgehead atoms. The Morgan fingerprint density at radius 2 is 2.11 bits per heavy atom. The largest absolute Gasteiger partial charge is 0.350 e. The van der Waals surface area contributed by atoms with Gasteiger partial charge in [0.25, 0.3) is 5.91 Å². The van der Waals surface area contributed by atoms with E-state index in [9.17, 15) is 9.59 Å². The molecule has 0 saturated carbocycles. The van der Waals surface area contributed by atoms with Gasteiger partial charge in [0.05, 0.1) is 0 Å². The highest BCUT2D eigenvalue weighted by atomic mass is 16.2. The zero-order valence-electron chi connectivity index (χ0n) is 10.4. The fourth-order valence-corrected chi connectivity index (χ4v) is 2.00. The molecule has 0 aromatic carbocycles. The highest BCUT2D eigenvalue weighted by molar-refractivity contribution is 6.39. The van der Waals surface area contributed by atoms with E-state index in [1.54, 1.807) is 0 Å². The van der Waals surface area contributed by atoms with Crippen LogP contribution in [0.1, 0.15) is 12.8 Å². The lowest BCUT2D eigenvalue weighted by atomic mass is 10.1. The molecule has 2 aliphatic rings. The predicted octanol–water partition coefficient (Wildman–Crippen LogP) is -1.73. The molecule has 7 heteroatoms. The molecule has 0 radical (unpaired) electrons. The molecule has 0 aliphatic carbocycles. The third kappa shape index (κ3) is 3.78. The van der Waals surface area contributed by atoms with Gasteiger partial charge in [0.2, 0.25) is 5.91 Å². The van der Waals surface area contributed by atoms with Crippen molar-refractivity contribution in [3.8, 4) is 0 Å². The molecule has 2 heterocycles. The first-order valence-corrected chi connectivity index (χ1v) is 6.32. The number of amides is 2. The Morgan fingerprint density at radius 1 is 1.33 bits per heavy atom. The van der Waals surface area contributed by atoms with Gasteiger partial charge in [-0.1, -0.05) is 0 Å². The summed E-state index contributed by atoms with van der Waals surface area (Å²) in [6.07, 6.45) is 0.759. The van der Waals surface area contributed by atoms with Gasteiger partial charge in [-0.25, -0.2) is 5.43 Å². The quantitative estimate of drug-likeness (QED) is 0.556. The van der Waals surface area contributed by atoms with E-state index >= 15 is 0 Å². The second-order valence-corrected chi connectivity index (χ2v) is 4.44. The summed E-state index contributed by atoms with van der Waals surface area (Å²) in [5, 5.41) is 9.87. The van der Waals surface area contributed by atoms with Crippen molar-refractivity contribution in [3.63, 3.8) is 0 Å². The first kappa shape index (κ1) is 13.0. The summed E-state index contributed by atoms with van der Waals surface area (Å²) in [5.41, 5.74) is 2.73. The van der Waals surface area contributed by atoms with Crippen molar-refractivity contribution in [2.45, 2.75) is 12.8 Å². The zero-order chi connectivity index (χ0) is 12.8. The third-order valence-electron chi connectivity index (χ3n) is 3.09. The van der Waals surface area contributed by atoms with Crippen LogP contribution in [-0.2, 0) is 9.59 Å². The Morgan fingerprint density at radius 3 is 2.78 bits per heavy atom. The summed E-state index contributed by atoms with van der Waals surface area (Å²) in [4.78, 5) is 24.9. The number of carbonyl (C=O) groups excluding carboxylic acids is 2. The van der Waals surface area contributed by atoms with Crippen molar-refractivity contribution in [2.24, 2.45) is 5.10 Å². The Kier molecular flexibility index (Phi) is 4.66. The van der Waals surface area contributed by atoms with Crippen molar-refractivity contribution >= 4 is 17.5 Å². The number of hydrogen-bond acceptors (Lipinski definition) is 5. The van der Waals surface area contributed by atoms with Gasteiger partial charge in [-0.05, 0) is 0 Å². The molecule has 2 rings (SSSR count). The number of nitrogens with zero attached hydrogens (tertiary/aromatic N) is 2. The van der Waals surface area contributed by atoms with Crippen LogP contribution in [-0.4, -0.2) is 61.7 Å². The van der Waals surface area contributed by atoms with Crippen LogP contribution < -0.4 is 16.1 Å². The third-order valence-corrected chi connectivity index (χ3v) is 3.09. The van der Waals surface area contributed by atoms with Crippen LogP contribution in [0.4, 0.5) is 0 Å². The van der Waals surface area contributed by atoms with Crippen LogP contribution in [0.5, 0.6) is 0 Å². The molecule has 3 N–H and O–H groups in total. The molecule has 1 saturated heterocycles. The SMILES string of the molecule is O=C1CCC(C(=O)NCCN2CCNCC2)=NN1. The lowest BCUT2D eigenvalue weighted by Gasteiger charge is -2.27. The maximum Gasteiger partial charge on any atom is 0.267 e. The summed E-state index contributed by atoms with van der Waals surface area (Å²) in [6.45, 7) is 5.53. The van der Waals surface area contributed by atoms with Gasteiger partial charge in [-0.15, -0.1) is 0 Å². The van der Waals surface area contributed by atoms with E-state index in [4.69, 9.17) is 0 Å². The molecular formula is C11H19N5O2. The topological polar surface area (TPSA) is 85.8 Å². The first-order valence-electron chi connectivity index (χ1n) is 6.32. The highest BCUT2D eigenvalue weighted by Crippen LogP contribution is 1.99. The Hall–Kier alpha value is -1.47. The molecule has 1 fully saturated rings. The van der Waals surface area contributed by atoms with E-state index in [0.717, 1.165) is 32.7 Å². The lowest BCUT2D eigenvalue weighted by Crippen LogP contribution is -2.47. The van der Waals surface area contributed by atoms with Crippen molar-refractivity contribution in [1.29, 1.82) is 0 Å². The molecule has 0 unspecified atom stereocenters. The number of hydrogen-bond donors (Lipinski definition) is 3. The van der Waals surface area contributed by atoms with Gasteiger partial charge < -0.3 is 10.6 Å². The summed E-state index contributed by atoms with van der Waals surface area (Å²) in [5.74, 6) is -0.308. The molecule has 100 valence electrons. The number of hydrazone groups is 1. The van der Waals surface area contributed by atoms with Crippen LogP contribution in [0.15, 0.2) is 5.10 Å².